The molecule has 3 aromatic heterocycles. The summed E-state index contributed by atoms with van der Waals surface area (Å²) in [6, 6.07) is 3.67. The van der Waals surface area contributed by atoms with Gasteiger partial charge in [0, 0.05) is 43.3 Å². The van der Waals surface area contributed by atoms with Crippen molar-refractivity contribution in [3.63, 3.8) is 0 Å². The van der Waals surface area contributed by atoms with Crippen molar-refractivity contribution < 1.29 is 13.8 Å². The van der Waals surface area contributed by atoms with E-state index in [9.17, 15) is 0 Å². The molecule has 4 heterocycles. The predicted molar refractivity (Wildman–Crippen MR) is 77.4 cm³/mol. The number of ether oxygens (including phenoxy) is 1. The average Bonchev–Trinajstić information content (AvgIpc) is 3.33. The van der Waals surface area contributed by atoms with Crippen LogP contribution in [0.4, 0.5) is 0 Å². The fourth-order valence-electron chi connectivity index (χ4n) is 2.46. The van der Waals surface area contributed by atoms with E-state index in [4.69, 9.17) is 13.8 Å². The molecule has 1 aliphatic heterocycles. The number of pyridine rings is 1. The van der Waals surface area contributed by atoms with E-state index in [0.717, 1.165) is 24.4 Å². The molecule has 1 aliphatic rings. The molecule has 0 saturated carbocycles. The van der Waals surface area contributed by atoms with Crippen LogP contribution in [0.5, 0.6) is 0 Å². The van der Waals surface area contributed by atoms with Crippen molar-refractivity contribution in [2.24, 2.45) is 0 Å². The molecule has 118 valence electrons. The minimum atomic E-state index is 0.245. The molecular formula is C15H15N5O3. The van der Waals surface area contributed by atoms with Gasteiger partial charge in [-0.15, -0.1) is 0 Å². The minimum absolute atomic E-state index is 0.245. The van der Waals surface area contributed by atoms with E-state index < -0.39 is 0 Å². The van der Waals surface area contributed by atoms with Crippen molar-refractivity contribution in [2.75, 3.05) is 13.2 Å². The molecule has 3 aromatic rings. The van der Waals surface area contributed by atoms with Crippen LogP contribution in [0.25, 0.3) is 11.4 Å². The molecule has 0 unspecified atom stereocenters. The van der Waals surface area contributed by atoms with Gasteiger partial charge in [0.25, 0.3) is 0 Å². The Bertz CT molecular complexity index is 764. The van der Waals surface area contributed by atoms with Crippen molar-refractivity contribution in [3.8, 4) is 11.4 Å². The summed E-state index contributed by atoms with van der Waals surface area (Å²) in [5.41, 5.74) is 0.872. The zero-order valence-corrected chi connectivity index (χ0v) is 12.4. The molecule has 8 heteroatoms. The topological polar surface area (TPSA) is 100.0 Å². The number of nitrogens with zero attached hydrogens (tertiary/aromatic N) is 5. The molecule has 0 amide bonds. The maximum absolute atomic E-state index is 5.34. The fourth-order valence-corrected chi connectivity index (χ4v) is 2.46. The van der Waals surface area contributed by atoms with Crippen LogP contribution >= 0.6 is 0 Å². The number of hydrogen-bond acceptors (Lipinski definition) is 8. The highest BCUT2D eigenvalue weighted by atomic mass is 16.5. The van der Waals surface area contributed by atoms with Crippen LogP contribution in [0, 0.1) is 0 Å². The van der Waals surface area contributed by atoms with Crippen LogP contribution in [0.15, 0.2) is 33.6 Å². The lowest BCUT2D eigenvalue weighted by Crippen LogP contribution is -2.00. The Balaban J connectivity index is 1.39. The van der Waals surface area contributed by atoms with Gasteiger partial charge in [0.05, 0.1) is 6.61 Å². The van der Waals surface area contributed by atoms with E-state index in [2.05, 4.69) is 25.3 Å². The van der Waals surface area contributed by atoms with Crippen LogP contribution in [0.3, 0.4) is 0 Å². The summed E-state index contributed by atoms with van der Waals surface area (Å²) in [6.07, 6.45) is 5.45. The van der Waals surface area contributed by atoms with Gasteiger partial charge in [-0.2, -0.15) is 9.97 Å². The highest BCUT2D eigenvalue weighted by Crippen LogP contribution is 2.22. The van der Waals surface area contributed by atoms with E-state index in [0.29, 0.717) is 37.1 Å². The third kappa shape index (κ3) is 3.11. The van der Waals surface area contributed by atoms with E-state index in [1.54, 1.807) is 12.4 Å². The summed E-state index contributed by atoms with van der Waals surface area (Å²) in [6.45, 7) is 1.42. The van der Waals surface area contributed by atoms with Crippen LogP contribution in [-0.4, -0.2) is 38.5 Å². The lowest BCUT2D eigenvalue weighted by atomic mass is 10.1. The zero-order chi connectivity index (χ0) is 15.5. The standard InChI is InChI=1S/C15H15N5O3/c1(2-13-18-15(20-23-13)11-5-8-21-9-11)12-17-14(19-22-12)10-3-6-16-7-4-10/h3-4,6-7,11H,1-2,5,8-9H2/t11-/m1/s1. The van der Waals surface area contributed by atoms with Crippen molar-refractivity contribution in [2.45, 2.75) is 25.2 Å². The van der Waals surface area contributed by atoms with E-state index >= 15 is 0 Å². The molecule has 0 aliphatic carbocycles. The molecule has 23 heavy (non-hydrogen) atoms. The van der Waals surface area contributed by atoms with Gasteiger partial charge >= 0.3 is 0 Å². The second-order valence-corrected chi connectivity index (χ2v) is 5.35. The monoisotopic (exact) mass is 313 g/mol. The molecule has 1 atom stereocenters. The molecule has 0 N–H and O–H groups in total. The van der Waals surface area contributed by atoms with Crippen molar-refractivity contribution >= 4 is 0 Å². The molecule has 1 fully saturated rings. The molecule has 8 nitrogen and oxygen atoms in total. The summed E-state index contributed by atoms with van der Waals surface area (Å²) in [5.74, 6) is 2.64. The van der Waals surface area contributed by atoms with Gasteiger partial charge < -0.3 is 13.8 Å². The normalized spacial score (nSPS) is 17.7. The first-order chi connectivity index (χ1) is 11.4. The van der Waals surface area contributed by atoms with Crippen molar-refractivity contribution in [1.82, 2.24) is 25.3 Å². The summed E-state index contributed by atoms with van der Waals surface area (Å²) in [5, 5.41) is 7.99. The Hall–Kier alpha value is -2.61. The van der Waals surface area contributed by atoms with Gasteiger partial charge in [0.2, 0.25) is 17.6 Å². The number of aryl methyl sites for hydroxylation is 2. The lowest BCUT2D eigenvalue weighted by Gasteiger charge is -1.97. The van der Waals surface area contributed by atoms with Gasteiger partial charge in [-0.3, -0.25) is 4.98 Å². The third-order valence-corrected chi connectivity index (χ3v) is 3.74. The molecular weight excluding hydrogens is 298 g/mol. The molecule has 0 aromatic carbocycles. The van der Waals surface area contributed by atoms with E-state index in [1.807, 2.05) is 12.1 Å². The zero-order valence-electron chi connectivity index (χ0n) is 12.4. The summed E-state index contributed by atoms with van der Waals surface area (Å²) >= 11 is 0. The maximum Gasteiger partial charge on any atom is 0.227 e. The Labute approximate surface area is 131 Å². The van der Waals surface area contributed by atoms with Gasteiger partial charge in [0.1, 0.15) is 0 Å². The summed E-state index contributed by atoms with van der Waals surface area (Å²) in [4.78, 5) is 12.7. The Morgan fingerprint density at radius 1 is 1.00 bits per heavy atom. The Kier molecular flexibility index (Phi) is 3.81. The first kappa shape index (κ1) is 14.0. The largest absolute Gasteiger partial charge is 0.381 e. The maximum atomic E-state index is 5.34. The Morgan fingerprint density at radius 2 is 1.78 bits per heavy atom. The van der Waals surface area contributed by atoms with E-state index in [1.165, 1.54) is 0 Å². The van der Waals surface area contributed by atoms with Crippen LogP contribution in [0.1, 0.15) is 29.9 Å². The smallest absolute Gasteiger partial charge is 0.227 e. The molecule has 0 bridgehead atoms. The predicted octanol–water partition coefficient (Wildman–Crippen LogP) is 1.80. The highest BCUT2D eigenvalue weighted by molar-refractivity contribution is 5.52. The van der Waals surface area contributed by atoms with Crippen molar-refractivity contribution in [1.29, 1.82) is 0 Å². The highest BCUT2D eigenvalue weighted by Gasteiger charge is 2.23. The first-order valence-electron chi connectivity index (χ1n) is 7.52. The quantitative estimate of drug-likeness (QED) is 0.703. The third-order valence-electron chi connectivity index (χ3n) is 3.74. The number of rotatable bonds is 5. The molecule has 4 rings (SSSR count). The van der Waals surface area contributed by atoms with E-state index in [-0.39, 0.29) is 5.92 Å². The van der Waals surface area contributed by atoms with Crippen LogP contribution < -0.4 is 0 Å². The summed E-state index contributed by atoms with van der Waals surface area (Å²) in [7, 11) is 0. The number of hydrogen-bond donors (Lipinski definition) is 0. The second-order valence-electron chi connectivity index (χ2n) is 5.35. The Morgan fingerprint density at radius 3 is 2.57 bits per heavy atom. The first-order valence-corrected chi connectivity index (χ1v) is 7.52. The van der Waals surface area contributed by atoms with Crippen LogP contribution in [-0.2, 0) is 17.6 Å². The second kappa shape index (κ2) is 6.25. The van der Waals surface area contributed by atoms with Gasteiger partial charge in [-0.05, 0) is 18.6 Å². The van der Waals surface area contributed by atoms with Gasteiger partial charge in [0.15, 0.2) is 5.82 Å². The lowest BCUT2D eigenvalue weighted by molar-refractivity contribution is 0.192. The summed E-state index contributed by atoms with van der Waals surface area (Å²) < 4.78 is 15.9. The van der Waals surface area contributed by atoms with Crippen LogP contribution in [0.2, 0.25) is 0 Å². The molecule has 0 spiro atoms. The molecule has 1 saturated heterocycles. The van der Waals surface area contributed by atoms with Gasteiger partial charge in [-0.1, -0.05) is 10.3 Å². The fraction of sp³-hybridized carbons (Fsp3) is 0.400. The minimum Gasteiger partial charge on any atom is -0.381 e. The van der Waals surface area contributed by atoms with Gasteiger partial charge in [-0.25, -0.2) is 0 Å². The molecule has 0 radical (unpaired) electrons. The van der Waals surface area contributed by atoms with Crippen molar-refractivity contribution in [3.05, 3.63) is 42.1 Å². The SMILES string of the molecule is c1cc(-c2noc(CCc3nc([C@@H]4CCOC4)no3)n2)ccn1. The average molecular weight is 313 g/mol. The number of aromatic nitrogens is 5.